The van der Waals surface area contributed by atoms with E-state index in [0.29, 0.717) is 71.7 Å². The maximum Gasteiger partial charge on any atom is 0.407 e. The maximum absolute atomic E-state index is 14.2. The lowest BCUT2D eigenvalue weighted by molar-refractivity contribution is -0.138. The number of nitrogens with one attached hydrogen (secondary N) is 4. The summed E-state index contributed by atoms with van der Waals surface area (Å²) < 4.78 is 15.0. The van der Waals surface area contributed by atoms with Gasteiger partial charge in [-0.15, -0.1) is 0 Å². The predicted molar refractivity (Wildman–Crippen MR) is 215 cm³/mol. The lowest BCUT2D eigenvalue weighted by Crippen LogP contribution is -2.54. The van der Waals surface area contributed by atoms with Gasteiger partial charge in [0.05, 0.1) is 37.7 Å². The van der Waals surface area contributed by atoms with Crippen LogP contribution < -0.4 is 10.6 Å². The highest BCUT2D eigenvalue weighted by atomic mass is 35.5. The number of H-pyrrole nitrogens is 2. The number of alkyl carbamates (subject to hydrolysis) is 2. The van der Waals surface area contributed by atoms with Crippen LogP contribution in [0.1, 0.15) is 69.2 Å². The number of carbonyl (C=O) groups excluding carboxylic acids is 4. The summed E-state index contributed by atoms with van der Waals surface area (Å²) in [7, 11) is 2.55. The van der Waals surface area contributed by atoms with Gasteiger partial charge < -0.3 is 44.6 Å². The molecule has 2 aromatic heterocycles. The highest BCUT2D eigenvalue weighted by Gasteiger charge is 2.55. The van der Waals surface area contributed by atoms with Crippen molar-refractivity contribution in [1.82, 2.24) is 40.4 Å². The second-order valence-electron chi connectivity index (χ2n) is 15.4. The Hall–Kier alpha value is -5.12. The summed E-state index contributed by atoms with van der Waals surface area (Å²) in [6, 6.07) is 14.7. The summed E-state index contributed by atoms with van der Waals surface area (Å²) in [4.78, 5) is 70.9. The standard InChI is InChI=1S/C41H46Cl2N8O7/c1-21-4-13-28(50(21)39(53)34(47-41(55)57-3)26-14-16-58-17-15-26)37-45-32(35(42)48-37)24-9-5-22(6-10-24)23-7-11-25(12-8-23)33-36(43)49-38(46-33)30-19-27-18-29(27)51(30)31(52)20-44-40(54)56-2/h5-12,21,26-30,34H,4,13-20H2,1-3H3,(H,44,54)(H,45,48)(H,46,49)(H,47,55)/t21?,27?,28-,29?,30-,34-/m0/s1. The number of carbonyl (C=O) groups is 4. The molecule has 2 aromatic carbocycles. The number of benzene rings is 2. The third kappa shape index (κ3) is 7.86. The molecule has 8 rings (SSSR count). The number of aromatic nitrogens is 4. The summed E-state index contributed by atoms with van der Waals surface area (Å²) >= 11 is 13.4. The highest BCUT2D eigenvalue weighted by molar-refractivity contribution is 6.32. The first-order chi connectivity index (χ1) is 28.0. The van der Waals surface area contributed by atoms with Crippen LogP contribution in [0, 0.1) is 11.8 Å². The molecule has 6 atom stereocenters. The van der Waals surface area contributed by atoms with Crippen molar-refractivity contribution < 1.29 is 33.4 Å². The largest absolute Gasteiger partial charge is 0.453 e. The van der Waals surface area contributed by atoms with Gasteiger partial charge in [0.15, 0.2) is 10.3 Å². The second kappa shape index (κ2) is 16.6. The Bertz CT molecular complexity index is 2170. The van der Waals surface area contributed by atoms with E-state index in [4.69, 9.17) is 37.7 Å². The first-order valence-electron chi connectivity index (χ1n) is 19.6. The molecule has 17 heteroatoms. The molecule has 4 aromatic rings. The second-order valence-corrected chi connectivity index (χ2v) is 16.2. The molecule has 1 aliphatic carbocycles. The quantitative estimate of drug-likeness (QED) is 0.136. The normalized spacial score (nSPS) is 23.3. The van der Waals surface area contributed by atoms with E-state index in [1.807, 2.05) is 65.3 Å². The molecule has 5 heterocycles. The molecule has 4 fully saturated rings. The van der Waals surface area contributed by atoms with Crippen LogP contribution >= 0.6 is 23.2 Å². The minimum absolute atomic E-state index is 0.0642. The van der Waals surface area contributed by atoms with Crippen molar-refractivity contribution in [3.63, 3.8) is 0 Å². The zero-order chi connectivity index (χ0) is 40.7. The molecule has 306 valence electrons. The number of nitrogens with zero attached hydrogens (tertiary/aromatic N) is 4. The van der Waals surface area contributed by atoms with Gasteiger partial charge in [0, 0.05) is 36.4 Å². The van der Waals surface area contributed by atoms with Crippen molar-refractivity contribution in [2.45, 2.75) is 75.7 Å². The molecule has 1 saturated carbocycles. The van der Waals surface area contributed by atoms with Gasteiger partial charge in [-0.3, -0.25) is 9.59 Å². The molecule has 0 radical (unpaired) electrons. The van der Waals surface area contributed by atoms with Crippen LogP contribution in [0.3, 0.4) is 0 Å². The van der Waals surface area contributed by atoms with Gasteiger partial charge in [-0.25, -0.2) is 19.6 Å². The third-order valence-electron chi connectivity index (χ3n) is 12.0. The molecule has 15 nitrogen and oxygen atoms in total. The fourth-order valence-electron chi connectivity index (χ4n) is 8.87. The van der Waals surface area contributed by atoms with Crippen LogP contribution in [0.15, 0.2) is 48.5 Å². The fourth-order valence-corrected chi connectivity index (χ4v) is 9.36. The number of aromatic amines is 2. The Kier molecular flexibility index (Phi) is 11.4. The Labute approximate surface area is 345 Å². The molecule has 0 bridgehead atoms. The van der Waals surface area contributed by atoms with Gasteiger partial charge in [-0.05, 0) is 68.4 Å². The Morgan fingerprint density at radius 1 is 0.776 bits per heavy atom. The molecule has 3 saturated heterocycles. The lowest BCUT2D eigenvalue weighted by Gasteiger charge is -2.36. The van der Waals surface area contributed by atoms with Gasteiger partial charge in [0.1, 0.15) is 24.2 Å². The van der Waals surface area contributed by atoms with E-state index in [2.05, 4.69) is 30.3 Å². The summed E-state index contributed by atoms with van der Waals surface area (Å²) in [6.45, 7) is 2.93. The van der Waals surface area contributed by atoms with Crippen molar-refractivity contribution in [2.75, 3.05) is 34.0 Å². The third-order valence-corrected chi connectivity index (χ3v) is 12.6. The maximum atomic E-state index is 14.2. The van der Waals surface area contributed by atoms with E-state index >= 15 is 0 Å². The molecular weight excluding hydrogens is 787 g/mol. The zero-order valence-corrected chi connectivity index (χ0v) is 33.9. The molecule has 4 aliphatic rings. The van der Waals surface area contributed by atoms with Crippen molar-refractivity contribution in [2.24, 2.45) is 11.8 Å². The van der Waals surface area contributed by atoms with Gasteiger partial charge >= 0.3 is 12.2 Å². The summed E-state index contributed by atoms with van der Waals surface area (Å²) in [5.41, 5.74) is 4.99. The van der Waals surface area contributed by atoms with Crippen LogP contribution in [0.4, 0.5) is 9.59 Å². The van der Waals surface area contributed by atoms with E-state index in [0.717, 1.165) is 41.5 Å². The van der Waals surface area contributed by atoms with Crippen LogP contribution in [0.5, 0.6) is 0 Å². The van der Waals surface area contributed by atoms with E-state index < -0.39 is 18.2 Å². The van der Waals surface area contributed by atoms with E-state index in [1.54, 1.807) is 0 Å². The van der Waals surface area contributed by atoms with Crippen LogP contribution in [-0.4, -0.2) is 106 Å². The van der Waals surface area contributed by atoms with Crippen molar-refractivity contribution >= 4 is 47.2 Å². The first-order valence-corrected chi connectivity index (χ1v) is 20.4. The van der Waals surface area contributed by atoms with Crippen LogP contribution in [0.25, 0.3) is 33.6 Å². The molecule has 0 spiro atoms. The number of amides is 4. The number of methoxy groups -OCH3 is 2. The van der Waals surface area contributed by atoms with Crippen LogP contribution in [-0.2, 0) is 23.8 Å². The first kappa shape index (κ1) is 39.7. The number of ether oxygens (including phenoxy) is 3. The minimum Gasteiger partial charge on any atom is -0.453 e. The molecular formula is C41H46Cl2N8O7. The van der Waals surface area contributed by atoms with Crippen LogP contribution in [0.2, 0.25) is 10.3 Å². The summed E-state index contributed by atoms with van der Waals surface area (Å²) in [5.74, 6) is 1.20. The smallest absolute Gasteiger partial charge is 0.407 e. The molecule has 4 N–H and O–H groups in total. The van der Waals surface area contributed by atoms with Gasteiger partial charge in [-0.2, -0.15) is 0 Å². The molecule has 4 amide bonds. The van der Waals surface area contributed by atoms with E-state index in [9.17, 15) is 19.2 Å². The predicted octanol–water partition coefficient (Wildman–Crippen LogP) is 6.66. The van der Waals surface area contributed by atoms with Gasteiger partial charge in [0.2, 0.25) is 11.8 Å². The number of likely N-dealkylation sites (tertiary alicyclic amines) is 2. The Morgan fingerprint density at radius 2 is 1.33 bits per heavy atom. The van der Waals surface area contributed by atoms with Gasteiger partial charge in [0.25, 0.3) is 0 Å². The van der Waals surface area contributed by atoms with E-state index in [1.165, 1.54) is 14.2 Å². The number of fused-ring (bicyclic) bond motifs is 1. The number of hydrogen-bond acceptors (Lipinski definition) is 9. The number of piperidine rings is 1. The number of halogens is 2. The number of imidazole rings is 2. The zero-order valence-electron chi connectivity index (χ0n) is 32.4. The Morgan fingerprint density at radius 3 is 1.90 bits per heavy atom. The lowest BCUT2D eigenvalue weighted by atomic mass is 9.90. The average molecular weight is 834 g/mol. The SMILES string of the molecule is COC(=O)NCC(=O)N1C2CC2C[C@H]1c1nc(Cl)c(-c2ccc(-c3ccc(-c4[nH]c([C@@H]5CCC(C)N5C(=O)[C@@H](NC(=O)OC)C5CCOCC5)nc4Cl)cc3)cc2)[nH]1. The van der Waals surface area contributed by atoms with E-state index in [-0.39, 0.29) is 48.4 Å². The van der Waals surface area contributed by atoms with Crippen molar-refractivity contribution in [1.29, 1.82) is 0 Å². The topological polar surface area (TPSA) is 184 Å². The molecule has 3 unspecified atom stereocenters. The van der Waals surface area contributed by atoms with Crippen molar-refractivity contribution in [3.05, 3.63) is 70.5 Å². The average Bonchev–Trinajstić information content (AvgIpc) is 3.56. The summed E-state index contributed by atoms with van der Waals surface area (Å²) in [6.07, 6.45) is 3.23. The highest BCUT2D eigenvalue weighted by Crippen LogP contribution is 2.53. The van der Waals surface area contributed by atoms with Gasteiger partial charge in [-0.1, -0.05) is 71.7 Å². The molecule has 58 heavy (non-hydrogen) atoms. The summed E-state index contributed by atoms with van der Waals surface area (Å²) in [5, 5.41) is 5.92. The van der Waals surface area contributed by atoms with Crippen molar-refractivity contribution in [3.8, 4) is 33.6 Å². The minimum atomic E-state index is -0.741. The number of hydrogen-bond donors (Lipinski definition) is 4. The number of rotatable bonds is 10. The fraction of sp³-hybridized carbons (Fsp3) is 0.463. The monoisotopic (exact) mass is 832 g/mol. The molecule has 3 aliphatic heterocycles. The Balaban J connectivity index is 0.955.